The van der Waals surface area contributed by atoms with Gasteiger partial charge in [0, 0.05) is 19.6 Å². The van der Waals surface area contributed by atoms with E-state index in [1.54, 1.807) is 0 Å². The fraction of sp³-hybridized carbons (Fsp3) is 0.917. The Hall–Kier alpha value is -0.320. The van der Waals surface area contributed by atoms with Crippen LogP contribution in [0.4, 0.5) is 0 Å². The van der Waals surface area contributed by atoms with E-state index in [-0.39, 0.29) is 30.5 Å². The Kier molecular flexibility index (Phi) is 8.56. The molecule has 1 saturated heterocycles. The third kappa shape index (κ3) is 4.82. The van der Waals surface area contributed by atoms with Gasteiger partial charge in [-0.2, -0.15) is 0 Å². The molecule has 1 fully saturated rings. The van der Waals surface area contributed by atoms with Crippen LogP contribution in [0.1, 0.15) is 39.5 Å². The first-order chi connectivity index (χ1) is 7.72. The average molecular weight is 265 g/mol. The lowest BCUT2D eigenvalue weighted by Crippen LogP contribution is -2.40. The second-order valence-corrected chi connectivity index (χ2v) is 4.39. The fourth-order valence-electron chi connectivity index (χ4n) is 2.14. The minimum atomic E-state index is -0.244. The van der Waals surface area contributed by atoms with Crippen LogP contribution in [0.3, 0.4) is 0 Å². The molecule has 2 N–H and O–H groups in total. The fourth-order valence-corrected chi connectivity index (χ4v) is 2.14. The van der Waals surface area contributed by atoms with E-state index in [0.717, 1.165) is 38.8 Å². The quantitative estimate of drug-likeness (QED) is 0.792. The summed E-state index contributed by atoms with van der Waals surface area (Å²) in [5.74, 6) is 0.152. The van der Waals surface area contributed by atoms with Gasteiger partial charge in [-0.05, 0) is 25.7 Å². The number of rotatable bonds is 6. The summed E-state index contributed by atoms with van der Waals surface area (Å²) in [6.07, 6.45) is 3.58. The molecule has 0 spiro atoms. The summed E-state index contributed by atoms with van der Waals surface area (Å²) < 4.78 is 5.63. The van der Waals surface area contributed by atoms with Crippen molar-refractivity contribution < 1.29 is 9.53 Å². The number of halogens is 1. The number of amides is 1. The van der Waals surface area contributed by atoms with E-state index in [1.165, 1.54) is 0 Å². The highest BCUT2D eigenvalue weighted by molar-refractivity contribution is 5.85. The van der Waals surface area contributed by atoms with Crippen LogP contribution >= 0.6 is 12.4 Å². The van der Waals surface area contributed by atoms with Crippen LogP contribution in [0.25, 0.3) is 0 Å². The van der Waals surface area contributed by atoms with Gasteiger partial charge in [0.1, 0.15) is 6.10 Å². The van der Waals surface area contributed by atoms with Gasteiger partial charge >= 0.3 is 0 Å². The van der Waals surface area contributed by atoms with Crippen molar-refractivity contribution in [2.45, 2.75) is 51.7 Å². The van der Waals surface area contributed by atoms with Crippen LogP contribution in [0.15, 0.2) is 0 Å². The van der Waals surface area contributed by atoms with Crippen LogP contribution in [-0.2, 0) is 9.53 Å². The Bertz CT molecular complexity index is 221. The number of ether oxygens (including phenoxy) is 1. The molecule has 0 aromatic heterocycles. The second-order valence-electron chi connectivity index (χ2n) is 4.39. The molecule has 1 aliphatic heterocycles. The Balaban J connectivity index is 0.00000256. The number of hydrogen-bond donors (Lipinski definition) is 1. The summed E-state index contributed by atoms with van der Waals surface area (Å²) in [6, 6.07) is 0. The molecule has 5 heteroatoms. The second kappa shape index (κ2) is 8.72. The highest BCUT2D eigenvalue weighted by atomic mass is 35.5. The SMILES string of the molecule is CCCN(CCC)C(=O)[C@@H]1CC[C@H](CN)O1.Cl. The lowest BCUT2D eigenvalue weighted by atomic mass is 10.1. The van der Waals surface area contributed by atoms with Crippen LogP contribution < -0.4 is 5.73 Å². The van der Waals surface area contributed by atoms with Gasteiger partial charge in [-0.15, -0.1) is 12.4 Å². The van der Waals surface area contributed by atoms with Gasteiger partial charge in [0.15, 0.2) is 0 Å². The summed E-state index contributed by atoms with van der Waals surface area (Å²) in [7, 11) is 0. The minimum Gasteiger partial charge on any atom is -0.364 e. The lowest BCUT2D eigenvalue weighted by molar-refractivity contribution is -0.142. The van der Waals surface area contributed by atoms with Crippen LogP contribution in [0, 0.1) is 0 Å². The molecule has 4 nitrogen and oxygen atoms in total. The van der Waals surface area contributed by atoms with Crippen molar-refractivity contribution in [3.8, 4) is 0 Å². The number of carbonyl (C=O) groups is 1. The molecular weight excluding hydrogens is 240 g/mol. The number of hydrogen-bond acceptors (Lipinski definition) is 3. The predicted molar refractivity (Wildman–Crippen MR) is 71.4 cm³/mol. The Morgan fingerprint density at radius 1 is 1.29 bits per heavy atom. The Labute approximate surface area is 110 Å². The summed E-state index contributed by atoms with van der Waals surface area (Å²) in [4.78, 5) is 14.1. The first-order valence-corrected chi connectivity index (χ1v) is 6.37. The van der Waals surface area contributed by atoms with E-state index in [1.807, 2.05) is 4.90 Å². The van der Waals surface area contributed by atoms with Crippen LogP contribution in [0.5, 0.6) is 0 Å². The zero-order valence-corrected chi connectivity index (χ0v) is 11.7. The summed E-state index contributed by atoms with van der Waals surface area (Å²) >= 11 is 0. The molecule has 102 valence electrons. The van der Waals surface area contributed by atoms with Crippen molar-refractivity contribution in [1.29, 1.82) is 0 Å². The van der Waals surface area contributed by atoms with E-state index in [0.29, 0.717) is 6.54 Å². The van der Waals surface area contributed by atoms with Gasteiger partial charge in [-0.1, -0.05) is 13.8 Å². The van der Waals surface area contributed by atoms with Gasteiger partial charge in [-0.3, -0.25) is 4.79 Å². The van der Waals surface area contributed by atoms with E-state index in [2.05, 4.69) is 13.8 Å². The molecule has 1 heterocycles. The first-order valence-electron chi connectivity index (χ1n) is 6.37. The molecule has 0 unspecified atom stereocenters. The first kappa shape index (κ1) is 16.7. The molecule has 1 rings (SSSR count). The standard InChI is InChI=1S/C12H24N2O2.ClH/c1-3-7-14(8-4-2)12(15)11-6-5-10(9-13)16-11;/h10-11H,3-9,13H2,1-2H3;1H/t10-,11+;/m1./s1. The number of carbonyl (C=O) groups excluding carboxylic acids is 1. The Morgan fingerprint density at radius 2 is 1.88 bits per heavy atom. The normalized spacial score (nSPS) is 23.2. The van der Waals surface area contributed by atoms with E-state index in [9.17, 15) is 4.79 Å². The van der Waals surface area contributed by atoms with Gasteiger partial charge in [0.2, 0.25) is 0 Å². The van der Waals surface area contributed by atoms with Gasteiger partial charge < -0.3 is 15.4 Å². The third-order valence-electron chi connectivity index (χ3n) is 2.94. The smallest absolute Gasteiger partial charge is 0.251 e. The molecule has 0 aliphatic carbocycles. The van der Waals surface area contributed by atoms with Crippen molar-refractivity contribution in [2.75, 3.05) is 19.6 Å². The molecule has 2 atom stereocenters. The Morgan fingerprint density at radius 3 is 2.29 bits per heavy atom. The molecule has 0 bridgehead atoms. The molecule has 1 aliphatic rings. The predicted octanol–water partition coefficient (Wildman–Crippen LogP) is 1.56. The summed E-state index contributed by atoms with van der Waals surface area (Å²) in [5, 5.41) is 0. The highest BCUT2D eigenvalue weighted by Gasteiger charge is 2.32. The minimum absolute atomic E-state index is 0. The van der Waals surface area contributed by atoms with Gasteiger partial charge in [0.25, 0.3) is 5.91 Å². The maximum absolute atomic E-state index is 12.1. The maximum Gasteiger partial charge on any atom is 0.251 e. The molecule has 0 radical (unpaired) electrons. The maximum atomic E-state index is 12.1. The van der Waals surface area contributed by atoms with Crippen molar-refractivity contribution in [3.63, 3.8) is 0 Å². The zero-order chi connectivity index (χ0) is 12.0. The molecule has 0 aromatic rings. The molecule has 0 aromatic carbocycles. The molecular formula is C12H25ClN2O2. The van der Waals surface area contributed by atoms with E-state index >= 15 is 0 Å². The van der Waals surface area contributed by atoms with Gasteiger partial charge in [-0.25, -0.2) is 0 Å². The molecule has 0 saturated carbocycles. The zero-order valence-electron chi connectivity index (χ0n) is 10.9. The topological polar surface area (TPSA) is 55.6 Å². The summed E-state index contributed by atoms with van der Waals surface area (Å²) in [6.45, 7) is 6.37. The number of nitrogens with two attached hydrogens (primary N) is 1. The number of nitrogens with zero attached hydrogens (tertiary/aromatic N) is 1. The van der Waals surface area contributed by atoms with E-state index in [4.69, 9.17) is 10.5 Å². The van der Waals surface area contributed by atoms with Crippen molar-refractivity contribution in [3.05, 3.63) is 0 Å². The molecule has 17 heavy (non-hydrogen) atoms. The summed E-state index contributed by atoms with van der Waals surface area (Å²) in [5.41, 5.74) is 5.54. The van der Waals surface area contributed by atoms with Crippen LogP contribution in [-0.4, -0.2) is 42.6 Å². The third-order valence-corrected chi connectivity index (χ3v) is 2.94. The molecule has 1 amide bonds. The van der Waals surface area contributed by atoms with Crippen molar-refractivity contribution in [2.24, 2.45) is 5.73 Å². The largest absolute Gasteiger partial charge is 0.364 e. The average Bonchev–Trinajstić information content (AvgIpc) is 2.76. The monoisotopic (exact) mass is 264 g/mol. The van der Waals surface area contributed by atoms with Gasteiger partial charge in [0.05, 0.1) is 6.10 Å². The lowest BCUT2D eigenvalue weighted by Gasteiger charge is -2.24. The van der Waals surface area contributed by atoms with Crippen LogP contribution in [0.2, 0.25) is 0 Å². The van der Waals surface area contributed by atoms with Crippen molar-refractivity contribution >= 4 is 18.3 Å². The van der Waals surface area contributed by atoms with Crippen molar-refractivity contribution in [1.82, 2.24) is 4.90 Å². The highest BCUT2D eigenvalue weighted by Crippen LogP contribution is 2.20. The van der Waals surface area contributed by atoms with E-state index < -0.39 is 0 Å².